The van der Waals surface area contributed by atoms with Crippen LogP contribution in [0.1, 0.15) is 79.1 Å². The van der Waals surface area contributed by atoms with Crippen molar-refractivity contribution in [1.29, 1.82) is 0 Å². The molecule has 0 aromatic heterocycles. The van der Waals surface area contributed by atoms with E-state index in [0.29, 0.717) is 35.9 Å². The van der Waals surface area contributed by atoms with Crippen molar-refractivity contribution in [2.24, 2.45) is 40.4 Å². The van der Waals surface area contributed by atoms with Crippen molar-refractivity contribution in [3.63, 3.8) is 0 Å². The SMILES string of the molecule is CC(=O)O[C@H]1CC[C@]2(C)C3CC(=O)[C@]4(C)C(C(C)O)CCC4C3CC[C@H]2C1. The highest BCUT2D eigenvalue weighted by atomic mass is 16.5. The monoisotopic (exact) mass is 376 g/mol. The summed E-state index contributed by atoms with van der Waals surface area (Å²) >= 11 is 0. The van der Waals surface area contributed by atoms with Gasteiger partial charge in [0, 0.05) is 18.8 Å². The fraction of sp³-hybridized carbons (Fsp3) is 0.913. The molecule has 4 nitrogen and oxygen atoms in total. The quantitative estimate of drug-likeness (QED) is 0.736. The Balaban J connectivity index is 1.58. The van der Waals surface area contributed by atoms with Crippen LogP contribution in [-0.4, -0.2) is 29.1 Å². The van der Waals surface area contributed by atoms with E-state index in [4.69, 9.17) is 4.74 Å². The van der Waals surface area contributed by atoms with Crippen LogP contribution in [0.5, 0.6) is 0 Å². The average Bonchev–Trinajstić information content (AvgIpc) is 2.95. The Bertz CT molecular complexity index is 628. The Hall–Kier alpha value is -0.900. The minimum atomic E-state index is -0.397. The number of carbonyl (C=O) groups is 2. The number of fused-ring (bicyclic) bond motifs is 5. The average molecular weight is 377 g/mol. The smallest absolute Gasteiger partial charge is 0.302 e. The van der Waals surface area contributed by atoms with E-state index in [0.717, 1.165) is 32.1 Å². The van der Waals surface area contributed by atoms with Gasteiger partial charge in [0.1, 0.15) is 11.9 Å². The maximum Gasteiger partial charge on any atom is 0.302 e. The van der Waals surface area contributed by atoms with Gasteiger partial charge in [-0.05, 0) is 86.9 Å². The number of esters is 1. The summed E-state index contributed by atoms with van der Waals surface area (Å²) in [4.78, 5) is 24.8. The maximum absolute atomic E-state index is 13.4. The minimum Gasteiger partial charge on any atom is -0.463 e. The lowest BCUT2D eigenvalue weighted by Crippen LogP contribution is -2.57. The molecule has 0 aromatic rings. The van der Waals surface area contributed by atoms with Gasteiger partial charge in [0.2, 0.25) is 0 Å². The molecule has 0 amide bonds. The van der Waals surface area contributed by atoms with Gasteiger partial charge in [-0.25, -0.2) is 0 Å². The second-order valence-corrected chi connectivity index (χ2v) is 10.5. The van der Waals surface area contributed by atoms with Crippen molar-refractivity contribution in [3.8, 4) is 0 Å². The summed E-state index contributed by atoms with van der Waals surface area (Å²) in [6.45, 7) is 7.94. The molecular formula is C23H36O4. The topological polar surface area (TPSA) is 63.6 Å². The fourth-order valence-corrected chi connectivity index (χ4v) is 8.08. The number of hydrogen-bond donors (Lipinski definition) is 1. The summed E-state index contributed by atoms with van der Waals surface area (Å²) in [5.41, 5.74) is -0.132. The van der Waals surface area contributed by atoms with Crippen molar-refractivity contribution in [3.05, 3.63) is 0 Å². The fourth-order valence-electron chi connectivity index (χ4n) is 8.08. The number of ketones is 1. The van der Waals surface area contributed by atoms with Crippen molar-refractivity contribution in [2.75, 3.05) is 0 Å². The predicted molar refractivity (Wildman–Crippen MR) is 103 cm³/mol. The summed E-state index contributed by atoms with van der Waals surface area (Å²) in [5, 5.41) is 10.3. The molecule has 4 aliphatic rings. The zero-order chi connectivity index (χ0) is 19.6. The maximum atomic E-state index is 13.4. The number of ether oxygens (including phenoxy) is 1. The van der Waals surface area contributed by atoms with Gasteiger partial charge in [0.05, 0.1) is 6.10 Å². The molecule has 27 heavy (non-hydrogen) atoms. The van der Waals surface area contributed by atoms with E-state index in [1.807, 2.05) is 6.92 Å². The van der Waals surface area contributed by atoms with Crippen LogP contribution in [0.15, 0.2) is 0 Å². The Morgan fingerprint density at radius 2 is 1.89 bits per heavy atom. The lowest BCUT2D eigenvalue weighted by molar-refractivity contribution is -0.168. The number of aliphatic hydroxyl groups excluding tert-OH is 1. The van der Waals surface area contributed by atoms with E-state index in [2.05, 4.69) is 13.8 Å². The second kappa shape index (κ2) is 6.57. The molecule has 9 atom stereocenters. The van der Waals surface area contributed by atoms with Gasteiger partial charge in [-0.1, -0.05) is 13.8 Å². The van der Waals surface area contributed by atoms with Crippen LogP contribution in [-0.2, 0) is 14.3 Å². The molecule has 4 saturated carbocycles. The normalized spacial score (nSPS) is 50.3. The predicted octanol–water partition coefficient (Wildman–Crippen LogP) is 4.14. The van der Waals surface area contributed by atoms with Crippen LogP contribution in [0.3, 0.4) is 0 Å². The second-order valence-electron chi connectivity index (χ2n) is 10.5. The zero-order valence-corrected chi connectivity index (χ0v) is 17.4. The van der Waals surface area contributed by atoms with E-state index >= 15 is 0 Å². The minimum absolute atomic E-state index is 0.0628. The molecule has 0 spiro atoms. The summed E-state index contributed by atoms with van der Waals surface area (Å²) in [6.07, 6.45) is 7.78. The summed E-state index contributed by atoms with van der Waals surface area (Å²) in [6, 6.07) is 0. The molecule has 0 aliphatic heterocycles. The Morgan fingerprint density at radius 1 is 1.15 bits per heavy atom. The summed E-state index contributed by atoms with van der Waals surface area (Å²) in [7, 11) is 0. The van der Waals surface area contributed by atoms with Gasteiger partial charge in [0.15, 0.2) is 0 Å². The van der Waals surface area contributed by atoms with E-state index < -0.39 is 6.10 Å². The van der Waals surface area contributed by atoms with Crippen molar-refractivity contribution in [1.82, 2.24) is 0 Å². The summed E-state index contributed by atoms with van der Waals surface area (Å²) < 4.78 is 5.53. The first kappa shape index (κ1) is 19.4. The Labute approximate surface area is 163 Å². The van der Waals surface area contributed by atoms with Crippen molar-refractivity contribution < 1.29 is 19.4 Å². The van der Waals surface area contributed by atoms with E-state index in [1.54, 1.807) is 0 Å². The van der Waals surface area contributed by atoms with Gasteiger partial charge in [0.25, 0.3) is 0 Å². The molecule has 4 heteroatoms. The van der Waals surface area contributed by atoms with Crippen molar-refractivity contribution >= 4 is 11.8 Å². The first-order chi connectivity index (χ1) is 12.7. The third-order valence-corrected chi connectivity index (χ3v) is 9.46. The third-order valence-electron chi connectivity index (χ3n) is 9.46. The molecule has 4 rings (SSSR count). The van der Waals surface area contributed by atoms with Gasteiger partial charge < -0.3 is 9.84 Å². The van der Waals surface area contributed by atoms with Crippen LogP contribution in [0.4, 0.5) is 0 Å². The number of Topliss-reactive ketones (excluding diaryl/α,β-unsaturated/α-hetero) is 1. The van der Waals surface area contributed by atoms with E-state index in [9.17, 15) is 14.7 Å². The van der Waals surface area contributed by atoms with Crippen molar-refractivity contribution in [2.45, 2.75) is 91.3 Å². The number of carbonyl (C=O) groups excluding carboxylic acids is 2. The van der Waals surface area contributed by atoms with Crippen LogP contribution in [0.2, 0.25) is 0 Å². The van der Waals surface area contributed by atoms with Gasteiger partial charge in [-0.15, -0.1) is 0 Å². The molecule has 0 bridgehead atoms. The molecule has 5 unspecified atom stereocenters. The van der Waals surface area contributed by atoms with Gasteiger partial charge in [-0.2, -0.15) is 0 Å². The first-order valence-electron chi connectivity index (χ1n) is 11.1. The van der Waals surface area contributed by atoms with Crippen LogP contribution < -0.4 is 0 Å². The largest absolute Gasteiger partial charge is 0.463 e. The molecule has 4 fully saturated rings. The number of aliphatic hydroxyl groups is 1. The molecule has 152 valence electrons. The molecule has 0 aromatic carbocycles. The molecule has 0 radical (unpaired) electrons. The molecule has 4 aliphatic carbocycles. The lowest BCUT2D eigenvalue weighted by atomic mass is 9.44. The Morgan fingerprint density at radius 3 is 2.56 bits per heavy atom. The molecule has 0 heterocycles. The standard InChI is InChI=1S/C23H36O4/c1-13(24)18-7-8-19-17-6-5-15-11-16(27-14(2)25)9-10-22(15,3)20(17)12-21(26)23(18,19)4/h13,15-20,24H,5-12H2,1-4H3/t13?,15-,16-,17?,18?,19?,20?,22-,23+/m0/s1. The van der Waals surface area contributed by atoms with Crippen LogP contribution in [0, 0.1) is 40.4 Å². The van der Waals surface area contributed by atoms with E-state index in [-0.39, 0.29) is 28.8 Å². The highest BCUT2D eigenvalue weighted by Crippen LogP contribution is 2.66. The summed E-state index contributed by atoms with van der Waals surface area (Å²) in [5.74, 6) is 2.43. The van der Waals surface area contributed by atoms with Gasteiger partial charge >= 0.3 is 5.97 Å². The van der Waals surface area contributed by atoms with Gasteiger partial charge in [-0.3, -0.25) is 9.59 Å². The van der Waals surface area contributed by atoms with Crippen LogP contribution >= 0.6 is 0 Å². The molecular weight excluding hydrogens is 340 g/mol. The highest BCUT2D eigenvalue weighted by molar-refractivity contribution is 5.87. The lowest BCUT2D eigenvalue weighted by Gasteiger charge is -2.60. The Kier molecular flexibility index (Phi) is 4.73. The highest BCUT2D eigenvalue weighted by Gasteiger charge is 2.64. The first-order valence-corrected chi connectivity index (χ1v) is 11.1. The molecule has 0 saturated heterocycles. The van der Waals surface area contributed by atoms with E-state index in [1.165, 1.54) is 19.8 Å². The zero-order valence-electron chi connectivity index (χ0n) is 17.4. The molecule has 1 N–H and O–H groups in total. The van der Waals surface area contributed by atoms with Crippen LogP contribution in [0.25, 0.3) is 0 Å². The number of hydrogen-bond acceptors (Lipinski definition) is 4. The third kappa shape index (κ3) is 2.81. The number of rotatable bonds is 2.